The Morgan fingerprint density at radius 2 is 1.91 bits per heavy atom. The molecule has 2 heterocycles. The van der Waals surface area contributed by atoms with Crippen molar-refractivity contribution in [2.24, 2.45) is 11.7 Å². The van der Waals surface area contributed by atoms with E-state index in [-0.39, 0.29) is 11.7 Å². The molecule has 2 N–H and O–H groups in total. The standard InChI is InChI=1S/C28H31FN4O2/c1-17(28-32-25-9-7-20(27(30)34)15-26(25)33(28)13-14-35-2)18-3-5-19(6-4-18)22-11-12-31-24-10-8-21(29)16-23(22)24/h7-12,15-19H,3-6,13-14H2,1-2H3,(H2,30,34)/t17-,18?,19?/m1/s1. The summed E-state index contributed by atoms with van der Waals surface area (Å²) in [6.07, 6.45) is 6.09. The molecule has 0 radical (unpaired) electrons. The van der Waals surface area contributed by atoms with Crippen molar-refractivity contribution in [3.8, 4) is 0 Å². The predicted molar refractivity (Wildman–Crippen MR) is 135 cm³/mol. The monoisotopic (exact) mass is 474 g/mol. The number of nitrogens with two attached hydrogens (primary N) is 1. The van der Waals surface area contributed by atoms with Gasteiger partial charge in [-0.25, -0.2) is 9.37 Å². The van der Waals surface area contributed by atoms with E-state index in [1.807, 2.05) is 18.3 Å². The Hall–Kier alpha value is -3.32. The van der Waals surface area contributed by atoms with E-state index in [1.165, 1.54) is 11.6 Å². The van der Waals surface area contributed by atoms with Crippen molar-refractivity contribution >= 4 is 27.8 Å². The zero-order chi connectivity index (χ0) is 24.5. The molecule has 1 fully saturated rings. The van der Waals surface area contributed by atoms with Crippen LogP contribution in [0.3, 0.4) is 0 Å². The number of hydrogen-bond donors (Lipinski definition) is 1. The van der Waals surface area contributed by atoms with E-state index in [0.29, 0.717) is 30.6 Å². The lowest BCUT2D eigenvalue weighted by Crippen LogP contribution is -2.21. The van der Waals surface area contributed by atoms with Crippen LogP contribution >= 0.6 is 0 Å². The lowest BCUT2D eigenvalue weighted by molar-refractivity contribution is 0.100. The average Bonchev–Trinajstić information content (AvgIpc) is 3.24. The summed E-state index contributed by atoms with van der Waals surface area (Å²) in [5, 5.41) is 0.926. The second-order valence-corrected chi connectivity index (χ2v) is 9.64. The molecule has 0 aliphatic heterocycles. The summed E-state index contributed by atoms with van der Waals surface area (Å²) < 4.78 is 21.5. The maximum atomic E-state index is 14.0. The number of amides is 1. The average molecular weight is 475 g/mol. The molecule has 0 unspecified atom stereocenters. The van der Waals surface area contributed by atoms with Gasteiger partial charge in [0.15, 0.2) is 0 Å². The second kappa shape index (κ2) is 9.74. The number of nitrogens with zero attached hydrogens (tertiary/aromatic N) is 3. The van der Waals surface area contributed by atoms with Gasteiger partial charge in [0.05, 0.1) is 23.2 Å². The van der Waals surface area contributed by atoms with E-state index in [1.54, 1.807) is 25.3 Å². The first kappa shape index (κ1) is 23.4. The van der Waals surface area contributed by atoms with Gasteiger partial charge in [-0.1, -0.05) is 6.92 Å². The third-order valence-corrected chi connectivity index (χ3v) is 7.64. The van der Waals surface area contributed by atoms with Crippen LogP contribution in [-0.2, 0) is 11.3 Å². The molecule has 2 aromatic carbocycles. The number of imidazole rings is 1. The minimum absolute atomic E-state index is 0.219. The van der Waals surface area contributed by atoms with Crippen LogP contribution in [0.15, 0.2) is 48.7 Å². The number of benzene rings is 2. The highest BCUT2D eigenvalue weighted by Crippen LogP contribution is 2.43. The first-order valence-electron chi connectivity index (χ1n) is 12.3. The number of rotatable bonds is 7. The fourth-order valence-corrected chi connectivity index (χ4v) is 5.70. The van der Waals surface area contributed by atoms with Crippen molar-refractivity contribution in [2.45, 2.75) is 51.0 Å². The van der Waals surface area contributed by atoms with Crippen LogP contribution in [-0.4, -0.2) is 34.2 Å². The fraction of sp³-hybridized carbons (Fsp3) is 0.393. The van der Waals surface area contributed by atoms with E-state index in [4.69, 9.17) is 15.5 Å². The third-order valence-electron chi connectivity index (χ3n) is 7.64. The Bertz CT molecular complexity index is 1370. The zero-order valence-corrected chi connectivity index (χ0v) is 20.2. The highest BCUT2D eigenvalue weighted by atomic mass is 19.1. The summed E-state index contributed by atoms with van der Waals surface area (Å²) in [5.41, 5.74) is 9.84. The molecule has 1 atom stereocenters. The number of carbonyl (C=O) groups excluding carboxylic acids is 1. The minimum Gasteiger partial charge on any atom is -0.383 e. The van der Waals surface area contributed by atoms with Gasteiger partial charge in [0.25, 0.3) is 0 Å². The molecule has 0 spiro atoms. The maximum absolute atomic E-state index is 14.0. The summed E-state index contributed by atoms with van der Waals surface area (Å²) in [7, 11) is 1.69. The number of methoxy groups -OCH3 is 1. The lowest BCUT2D eigenvalue weighted by Gasteiger charge is -2.33. The van der Waals surface area contributed by atoms with Crippen LogP contribution in [0.4, 0.5) is 4.39 Å². The quantitative estimate of drug-likeness (QED) is 0.381. The van der Waals surface area contributed by atoms with Crippen LogP contribution in [0.1, 0.15) is 66.2 Å². The van der Waals surface area contributed by atoms with Crippen molar-refractivity contribution in [2.75, 3.05) is 13.7 Å². The molecule has 1 amide bonds. The topological polar surface area (TPSA) is 83.0 Å². The first-order valence-corrected chi connectivity index (χ1v) is 12.3. The van der Waals surface area contributed by atoms with Gasteiger partial charge in [-0.05, 0) is 85.5 Å². The van der Waals surface area contributed by atoms with Crippen LogP contribution < -0.4 is 5.73 Å². The third kappa shape index (κ3) is 4.52. The molecule has 1 aliphatic carbocycles. The molecule has 5 rings (SSSR count). The molecule has 4 aromatic rings. The molecule has 6 nitrogen and oxygen atoms in total. The molecular formula is C28H31FN4O2. The second-order valence-electron chi connectivity index (χ2n) is 9.64. The van der Waals surface area contributed by atoms with Crippen molar-refractivity contribution in [3.05, 3.63) is 71.4 Å². The SMILES string of the molecule is COCCn1c([C@H](C)C2CCC(c3ccnc4ccc(F)cc34)CC2)nc2ccc(C(N)=O)cc21. The zero-order valence-electron chi connectivity index (χ0n) is 20.2. The number of fused-ring (bicyclic) bond motifs is 2. The fourth-order valence-electron chi connectivity index (χ4n) is 5.70. The molecule has 1 aliphatic rings. The van der Waals surface area contributed by atoms with E-state index in [2.05, 4.69) is 22.5 Å². The number of ether oxygens (including phenoxy) is 1. The largest absolute Gasteiger partial charge is 0.383 e. The Morgan fingerprint density at radius 3 is 2.66 bits per heavy atom. The van der Waals surface area contributed by atoms with Gasteiger partial charge >= 0.3 is 0 Å². The molecular weight excluding hydrogens is 443 g/mol. The van der Waals surface area contributed by atoms with Crippen molar-refractivity contribution in [1.82, 2.24) is 14.5 Å². The van der Waals surface area contributed by atoms with Gasteiger partial charge in [-0.3, -0.25) is 9.78 Å². The summed E-state index contributed by atoms with van der Waals surface area (Å²) >= 11 is 0. The highest BCUT2D eigenvalue weighted by molar-refractivity contribution is 5.96. The van der Waals surface area contributed by atoms with E-state index < -0.39 is 5.91 Å². The van der Waals surface area contributed by atoms with Gasteiger partial charge < -0.3 is 15.0 Å². The molecule has 2 aromatic heterocycles. The van der Waals surface area contributed by atoms with E-state index in [0.717, 1.165) is 53.4 Å². The van der Waals surface area contributed by atoms with Crippen molar-refractivity contribution < 1.29 is 13.9 Å². The molecule has 0 saturated heterocycles. The summed E-state index contributed by atoms with van der Waals surface area (Å²) in [6.45, 7) is 3.48. The van der Waals surface area contributed by atoms with Gasteiger partial charge in [0.1, 0.15) is 11.6 Å². The van der Waals surface area contributed by atoms with Crippen LogP contribution in [0.25, 0.3) is 21.9 Å². The Kier molecular flexibility index (Phi) is 6.52. The van der Waals surface area contributed by atoms with Crippen LogP contribution in [0.2, 0.25) is 0 Å². The van der Waals surface area contributed by atoms with Gasteiger partial charge in [0, 0.05) is 36.7 Å². The van der Waals surface area contributed by atoms with E-state index >= 15 is 0 Å². The maximum Gasteiger partial charge on any atom is 0.248 e. The lowest BCUT2D eigenvalue weighted by atomic mass is 9.73. The van der Waals surface area contributed by atoms with Gasteiger partial charge in [-0.2, -0.15) is 0 Å². The number of hydrogen-bond acceptors (Lipinski definition) is 4. The molecule has 182 valence electrons. The highest BCUT2D eigenvalue weighted by Gasteiger charge is 2.30. The number of primary amides is 1. The van der Waals surface area contributed by atoms with E-state index in [9.17, 15) is 9.18 Å². The Balaban J connectivity index is 1.39. The predicted octanol–water partition coefficient (Wildman–Crippen LogP) is 5.55. The molecule has 7 heteroatoms. The van der Waals surface area contributed by atoms with Gasteiger partial charge in [0.2, 0.25) is 5.91 Å². The van der Waals surface area contributed by atoms with Gasteiger partial charge in [-0.15, -0.1) is 0 Å². The number of pyridine rings is 1. The van der Waals surface area contributed by atoms with Crippen LogP contribution in [0, 0.1) is 11.7 Å². The Labute approximate surface area is 204 Å². The number of aromatic nitrogens is 3. The smallest absolute Gasteiger partial charge is 0.248 e. The number of carbonyl (C=O) groups is 1. The summed E-state index contributed by atoms with van der Waals surface area (Å²) in [6, 6.07) is 12.3. The minimum atomic E-state index is -0.442. The summed E-state index contributed by atoms with van der Waals surface area (Å²) in [4.78, 5) is 21.1. The normalized spacial score (nSPS) is 19.3. The molecule has 1 saturated carbocycles. The van der Waals surface area contributed by atoms with Crippen molar-refractivity contribution in [3.63, 3.8) is 0 Å². The van der Waals surface area contributed by atoms with Crippen LogP contribution in [0.5, 0.6) is 0 Å². The Morgan fingerprint density at radius 1 is 1.14 bits per heavy atom. The number of halogens is 1. The summed E-state index contributed by atoms with van der Waals surface area (Å²) in [5.74, 6) is 1.51. The molecule has 0 bridgehead atoms. The molecule has 35 heavy (non-hydrogen) atoms. The van der Waals surface area contributed by atoms with Crippen molar-refractivity contribution in [1.29, 1.82) is 0 Å². The first-order chi connectivity index (χ1) is 17.0.